The van der Waals surface area contributed by atoms with Crippen LogP contribution in [0.15, 0.2) is 40.0 Å². The summed E-state index contributed by atoms with van der Waals surface area (Å²) in [5.41, 5.74) is 4.84. The Hall–Kier alpha value is -3.00. The third kappa shape index (κ3) is 3.82. The third-order valence-corrected chi connectivity index (χ3v) is 5.11. The SMILES string of the molecule is Cc1cc(C)c(NC(=O)CSc2nnc(-c3ccc4c(c3)OCO4)o2)c(C)c1. The van der Waals surface area contributed by atoms with Crippen molar-refractivity contribution in [2.45, 2.75) is 26.0 Å². The Morgan fingerprint density at radius 3 is 2.61 bits per heavy atom. The highest BCUT2D eigenvalue weighted by Crippen LogP contribution is 2.36. The van der Waals surface area contributed by atoms with Gasteiger partial charge in [-0.15, -0.1) is 10.2 Å². The zero-order valence-electron chi connectivity index (χ0n) is 15.7. The van der Waals surface area contributed by atoms with Gasteiger partial charge in [0.15, 0.2) is 11.5 Å². The summed E-state index contributed by atoms with van der Waals surface area (Å²) in [7, 11) is 0. The average molecular weight is 397 g/mol. The van der Waals surface area contributed by atoms with Gasteiger partial charge >= 0.3 is 0 Å². The van der Waals surface area contributed by atoms with Gasteiger partial charge < -0.3 is 19.2 Å². The summed E-state index contributed by atoms with van der Waals surface area (Å²) in [4.78, 5) is 12.3. The highest BCUT2D eigenvalue weighted by molar-refractivity contribution is 7.99. The molecule has 1 aliphatic rings. The van der Waals surface area contributed by atoms with E-state index >= 15 is 0 Å². The van der Waals surface area contributed by atoms with Gasteiger partial charge in [-0.3, -0.25) is 4.79 Å². The molecule has 1 aliphatic heterocycles. The molecule has 0 saturated carbocycles. The number of aromatic nitrogens is 2. The normalized spacial score (nSPS) is 12.2. The largest absolute Gasteiger partial charge is 0.454 e. The molecule has 0 spiro atoms. The molecule has 0 bridgehead atoms. The van der Waals surface area contributed by atoms with Gasteiger partial charge in [0.2, 0.25) is 18.6 Å². The number of carbonyl (C=O) groups is 1. The number of amides is 1. The quantitative estimate of drug-likeness (QED) is 0.648. The Kier molecular flexibility index (Phi) is 4.95. The summed E-state index contributed by atoms with van der Waals surface area (Å²) in [5, 5.41) is 11.3. The van der Waals surface area contributed by atoms with Crippen LogP contribution >= 0.6 is 11.8 Å². The molecule has 8 heteroatoms. The molecule has 1 aromatic heterocycles. The smallest absolute Gasteiger partial charge is 0.277 e. The van der Waals surface area contributed by atoms with Crippen molar-refractivity contribution in [3.05, 3.63) is 47.0 Å². The number of hydrogen-bond donors (Lipinski definition) is 1. The van der Waals surface area contributed by atoms with E-state index in [4.69, 9.17) is 13.9 Å². The summed E-state index contributed by atoms with van der Waals surface area (Å²) >= 11 is 1.20. The highest BCUT2D eigenvalue weighted by atomic mass is 32.2. The number of hydrogen-bond acceptors (Lipinski definition) is 7. The van der Waals surface area contributed by atoms with E-state index in [2.05, 4.69) is 15.5 Å². The maximum atomic E-state index is 12.3. The van der Waals surface area contributed by atoms with E-state index in [-0.39, 0.29) is 18.5 Å². The number of benzene rings is 2. The number of fused-ring (bicyclic) bond motifs is 1. The monoisotopic (exact) mass is 397 g/mol. The van der Waals surface area contributed by atoms with Crippen molar-refractivity contribution >= 4 is 23.4 Å². The molecule has 0 fully saturated rings. The molecular weight excluding hydrogens is 378 g/mol. The topological polar surface area (TPSA) is 86.5 Å². The number of anilines is 1. The number of nitrogens with zero attached hydrogens (tertiary/aromatic N) is 2. The lowest BCUT2D eigenvalue weighted by molar-refractivity contribution is -0.113. The third-order valence-electron chi connectivity index (χ3n) is 4.29. The van der Waals surface area contributed by atoms with Crippen LogP contribution < -0.4 is 14.8 Å². The van der Waals surface area contributed by atoms with Crippen LogP contribution in [0.3, 0.4) is 0 Å². The van der Waals surface area contributed by atoms with Crippen molar-refractivity contribution in [2.75, 3.05) is 17.9 Å². The van der Waals surface area contributed by atoms with E-state index in [9.17, 15) is 4.79 Å². The predicted octanol–water partition coefficient (Wildman–Crippen LogP) is 4.12. The van der Waals surface area contributed by atoms with Crippen molar-refractivity contribution in [1.29, 1.82) is 0 Å². The molecular formula is C20H19N3O4S. The van der Waals surface area contributed by atoms with Crippen LogP contribution in [0.5, 0.6) is 11.5 Å². The van der Waals surface area contributed by atoms with Crippen LogP contribution in [0.4, 0.5) is 5.69 Å². The van der Waals surface area contributed by atoms with Crippen LogP contribution in [0.1, 0.15) is 16.7 Å². The lowest BCUT2D eigenvalue weighted by atomic mass is 10.1. The van der Waals surface area contributed by atoms with Crippen LogP contribution in [0.2, 0.25) is 0 Å². The van der Waals surface area contributed by atoms with Crippen LogP contribution in [-0.4, -0.2) is 28.7 Å². The minimum atomic E-state index is -0.122. The first kappa shape index (κ1) is 18.4. The molecule has 0 radical (unpaired) electrons. The zero-order valence-corrected chi connectivity index (χ0v) is 16.6. The van der Waals surface area contributed by atoms with Crippen LogP contribution in [0.25, 0.3) is 11.5 Å². The Balaban J connectivity index is 1.39. The van der Waals surface area contributed by atoms with Crippen molar-refractivity contribution in [2.24, 2.45) is 0 Å². The zero-order chi connectivity index (χ0) is 19.7. The van der Waals surface area contributed by atoms with E-state index in [1.165, 1.54) is 17.3 Å². The van der Waals surface area contributed by atoms with Gasteiger partial charge in [0.05, 0.1) is 5.75 Å². The number of rotatable bonds is 5. The molecule has 0 aliphatic carbocycles. The Labute approximate surface area is 166 Å². The van der Waals surface area contributed by atoms with E-state index in [1.54, 1.807) is 12.1 Å². The number of aryl methyl sites for hydroxylation is 3. The fraction of sp³-hybridized carbons (Fsp3) is 0.250. The fourth-order valence-electron chi connectivity index (χ4n) is 3.09. The predicted molar refractivity (Wildman–Crippen MR) is 106 cm³/mol. The minimum absolute atomic E-state index is 0.122. The molecule has 0 saturated heterocycles. The standard InChI is InChI=1S/C20H19N3O4S/c1-11-6-12(2)18(13(3)7-11)21-17(24)9-28-20-23-22-19(27-20)14-4-5-15-16(8-14)26-10-25-15/h4-8H,9-10H2,1-3H3,(H,21,24). The van der Waals surface area contributed by atoms with Gasteiger partial charge in [-0.05, 0) is 50.1 Å². The molecule has 144 valence electrons. The lowest BCUT2D eigenvalue weighted by Gasteiger charge is -2.12. The van der Waals surface area contributed by atoms with E-state index in [0.29, 0.717) is 22.6 Å². The van der Waals surface area contributed by atoms with Gasteiger partial charge in [0.25, 0.3) is 5.22 Å². The summed E-state index contributed by atoms with van der Waals surface area (Å²) in [6.45, 7) is 6.21. The minimum Gasteiger partial charge on any atom is -0.454 e. The first-order valence-corrected chi connectivity index (χ1v) is 9.72. The number of ether oxygens (including phenoxy) is 2. The summed E-state index contributed by atoms with van der Waals surface area (Å²) < 4.78 is 16.3. The molecule has 7 nitrogen and oxygen atoms in total. The van der Waals surface area contributed by atoms with E-state index in [0.717, 1.165) is 22.4 Å². The van der Waals surface area contributed by atoms with Crippen molar-refractivity contribution in [1.82, 2.24) is 10.2 Å². The maximum Gasteiger partial charge on any atom is 0.277 e. The first-order valence-electron chi connectivity index (χ1n) is 8.73. The van der Waals surface area contributed by atoms with Gasteiger partial charge in [-0.1, -0.05) is 29.5 Å². The fourth-order valence-corrected chi connectivity index (χ4v) is 3.66. The molecule has 2 heterocycles. The second-order valence-corrected chi connectivity index (χ2v) is 7.48. The van der Waals surface area contributed by atoms with Gasteiger partial charge in [0.1, 0.15) is 0 Å². The Morgan fingerprint density at radius 1 is 1.07 bits per heavy atom. The number of thioether (sulfide) groups is 1. The van der Waals surface area contributed by atoms with Crippen LogP contribution in [0, 0.1) is 20.8 Å². The average Bonchev–Trinajstić information content (AvgIpc) is 3.31. The molecule has 28 heavy (non-hydrogen) atoms. The molecule has 0 atom stereocenters. The Bertz CT molecular complexity index is 1020. The van der Waals surface area contributed by atoms with E-state index in [1.807, 2.05) is 39.0 Å². The van der Waals surface area contributed by atoms with Gasteiger partial charge in [0, 0.05) is 11.3 Å². The molecule has 1 amide bonds. The summed E-state index contributed by atoms with van der Waals surface area (Å²) in [6.07, 6.45) is 0. The number of carbonyl (C=O) groups excluding carboxylic acids is 1. The second kappa shape index (κ2) is 7.55. The second-order valence-electron chi connectivity index (χ2n) is 6.55. The van der Waals surface area contributed by atoms with E-state index < -0.39 is 0 Å². The maximum absolute atomic E-state index is 12.3. The number of nitrogens with one attached hydrogen (secondary N) is 1. The molecule has 2 aromatic carbocycles. The molecule has 0 unspecified atom stereocenters. The molecule has 4 rings (SSSR count). The first-order chi connectivity index (χ1) is 13.5. The lowest BCUT2D eigenvalue weighted by Crippen LogP contribution is -2.15. The molecule has 3 aromatic rings. The highest BCUT2D eigenvalue weighted by Gasteiger charge is 2.17. The van der Waals surface area contributed by atoms with Crippen LogP contribution in [-0.2, 0) is 4.79 Å². The van der Waals surface area contributed by atoms with Gasteiger partial charge in [-0.2, -0.15) is 0 Å². The summed E-state index contributed by atoms with van der Waals surface area (Å²) in [6, 6.07) is 9.51. The Morgan fingerprint density at radius 2 is 1.82 bits per heavy atom. The van der Waals surface area contributed by atoms with Crippen molar-refractivity contribution in [3.8, 4) is 23.0 Å². The molecule has 1 N–H and O–H groups in total. The van der Waals surface area contributed by atoms with Crippen molar-refractivity contribution < 1.29 is 18.7 Å². The van der Waals surface area contributed by atoms with Gasteiger partial charge in [-0.25, -0.2) is 0 Å². The summed E-state index contributed by atoms with van der Waals surface area (Å²) in [5.74, 6) is 1.76. The van der Waals surface area contributed by atoms with Crippen molar-refractivity contribution in [3.63, 3.8) is 0 Å².